The van der Waals surface area contributed by atoms with Crippen molar-refractivity contribution < 1.29 is 18.8 Å². The van der Waals surface area contributed by atoms with E-state index in [2.05, 4.69) is 15.5 Å². The third-order valence-electron chi connectivity index (χ3n) is 2.76. The molecule has 0 spiro atoms. The van der Waals surface area contributed by atoms with Crippen molar-refractivity contribution in [3.8, 4) is 11.5 Å². The molecule has 8 heteroatoms. The number of nitrogen functional groups attached to an aromatic ring is 1. The first-order valence-electron chi connectivity index (χ1n) is 5.90. The highest BCUT2D eigenvalue weighted by atomic mass is 16.7. The maximum absolute atomic E-state index is 12.1. The monoisotopic (exact) mass is 276 g/mol. The van der Waals surface area contributed by atoms with Gasteiger partial charge in [-0.1, -0.05) is 5.16 Å². The highest BCUT2D eigenvalue weighted by Gasteiger charge is 2.19. The van der Waals surface area contributed by atoms with Crippen LogP contribution in [0.1, 0.15) is 22.1 Å². The Morgan fingerprint density at radius 3 is 2.85 bits per heavy atom. The van der Waals surface area contributed by atoms with Gasteiger partial charge in [0.2, 0.25) is 12.7 Å². The van der Waals surface area contributed by atoms with Crippen molar-refractivity contribution in [2.24, 2.45) is 0 Å². The minimum absolute atomic E-state index is 0.126. The second-order valence-electron chi connectivity index (χ2n) is 4.21. The molecule has 1 amide bonds. The molecule has 8 nitrogen and oxygen atoms in total. The number of amides is 1. The van der Waals surface area contributed by atoms with Crippen LogP contribution >= 0.6 is 0 Å². The van der Waals surface area contributed by atoms with Crippen molar-refractivity contribution in [1.29, 1.82) is 0 Å². The number of anilines is 1. The molecule has 104 valence electrons. The summed E-state index contributed by atoms with van der Waals surface area (Å²) in [6.45, 7) is 1.96. The standard InChI is InChI=1S/C12H12N4O4/c1-6-15-11(20-16-6)4-14-12(17)7-2-9-10(3-8(7)13)19-5-18-9/h2-3H,4-5,13H2,1H3,(H,14,17). The van der Waals surface area contributed by atoms with Crippen molar-refractivity contribution in [3.05, 3.63) is 29.4 Å². The van der Waals surface area contributed by atoms with Gasteiger partial charge in [0.15, 0.2) is 17.3 Å². The number of hydrogen-bond acceptors (Lipinski definition) is 7. The molecule has 1 aliphatic heterocycles. The van der Waals surface area contributed by atoms with Crippen LogP contribution in [0.25, 0.3) is 0 Å². The second kappa shape index (κ2) is 4.72. The summed E-state index contributed by atoms with van der Waals surface area (Å²) in [5, 5.41) is 6.28. The Labute approximate surface area is 113 Å². The molecule has 0 atom stereocenters. The number of ether oxygens (including phenoxy) is 2. The lowest BCUT2D eigenvalue weighted by molar-refractivity contribution is 0.0946. The Morgan fingerprint density at radius 2 is 2.15 bits per heavy atom. The molecule has 3 rings (SSSR count). The number of nitrogens with zero attached hydrogens (tertiary/aromatic N) is 2. The minimum atomic E-state index is -0.350. The molecule has 0 fully saturated rings. The lowest BCUT2D eigenvalue weighted by Crippen LogP contribution is -2.24. The van der Waals surface area contributed by atoms with Gasteiger partial charge in [-0.05, 0) is 13.0 Å². The number of rotatable bonds is 3. The molecule has 0 unspecified atom stereocenters. The van der Waals surface area contributed by atoms with Crippen LogP contribution in [0.2, 0.25) is 0 Å². The molecule has 1 aromatic heterocycles. The first-order valence-corrected chi connectivity index (χ1v) is 5.90. The van der Waals surface area contributed by atoms with Gasteiger partial charge < -0.3 is 25.0 Å². The summed E-state index contributed by atoms with van der Waals surface area (Å²) in [4.78, 5) is 16.1. The zero-order chi connectivity index (χ0) is 14.1. The molecule has 3 N–H and O–H groups in total. The highest BCUT2D eigenvalue weighted by Crippen LogP contribution is 2.35. The Kier molecular flexibility index (Phi) is 2.90. The quantitative estimate of drug-likeness (QED) is 0.790. The maximum Gasteiger partial charge on any atom is 0.253 e. The Balaban J connectivity index is 1.74. The predicted molar refractivity (Wildman–Crippen MR) is 67.2 cm³/mol. The average Bonchev–Trinajstić information content (AvgIpc) is 3.03. The first-order chi connectivity index (χ1) is 9.63. The molecular weight excluding hydrogens is 264 g/mol. The maximum atomic E-state index is 12.1. The number of aryl methyl sites for hydroxylation is 1. The summed E-state index contributed by atoms with van der Waals surface area (Å²) in [5.74, 6) is 1.52. The van der Waals surface area contributed by atoms with Gasteiger partial charge in [0, 0.05) is 11.8 Å². The van der Waals surface area contributed by atoms with Crippen LogP contribution in [0.4, 0.5) is 5.69 Å². The average molecular weight is 276 g/mol. The van der Waals surface area contributed by atoms with Gasteiger partial charge in [-0.15, -0.1) is 0 Å². The van der Waals surface area contributed by atoms with E-state index in [4.69, 9.17) is 19.7 Å². The van der Waals surface area contributed by atoms with Crippen molar-refractivity contribution >= 4 is 11.6 Å². The van der Waals surface area contributed by atoms with Crippen LogP contribution < -0.4 is 20.5 Å². The fourth-order valence-corrected chi connectivity index (χ4v) is 1.82. The number of nitrogens with one attached hydrogen (secondary N) is 1. The van der Waals surface area contributed by atoms with Crippen LogP contribution in [0.3, 0.4) is 0 Å². The number of nitrogens with two attached hydrogens (primary N) is 1. The van der Waals surface area contributed by atoms with E-state index in [1.54, 1.807) is 19.1 Å². The largest absolute Gasteiger partial charge is 0.454 e. The molecule has 2 aromatic rings. The summed E-state index contributed by atoms with van der Waals surface area (Å²) in [6, 6.07) is 3.11. The van der Waals surface area contributed by atoms with Crippen molar-refractivity contribution in [2.75, 3.05) is 12.5 Å². The number of fused-ring (bicyclic) bond motifs is 1. The Hall–Kier alpha value is -2.77. The van der Waals surface area contributed by atoms with Gasteiger partial charge in [0.1, 0.15) is 0 Å². The van der Waals surface area contributed by atoms with Crippen LogP contribution in [0, 0.1) is 6.92 Å². The summed E-state index contributed by atoms with van der Waals surface area (Å²) in [5.41, 5.74) is 6.44. The fraction of sp³-hybridized carbons (Fsp3) is 0.250. The van der Waals surface area contributed by atoms with E-state index in [-0.39, 0.29) is 19.2 Å². The predicted octanol–water partition coefficient (Wildman–Crippen LogP) is 0.619. The van der Waals surface area contributed by atoms with E-state index in [1.165, 1.54) is 0 Å². The Bertz CT molecular complexity index is 667. The van der Waals surface area contributed by atoms with E-state index in [0.29, 0.717) is 34.5 Å². The summed E-state index contributed by atoms with van der Waals surface area (Å²) in [7, 11) is 0. The molecule has 1 aliphatic rings. The van der Waals surface area contributed by atoms with Gasteiger partial charge >= 0.3 is 0 Å². The number of hydrogen-bond donors (Lipinski definition) is 2. The second-order valence-corrected chi connectivity index (χ2v) is 4.21. The van der Waals surface area contributed by atoms with Gasteiger partial charge in [0.05, 0.1) is 12.1 Å². The fourth-order valence-electron chi connectivity index (χ4n) is 1.82. The van der Waals surface area contributed by atoms with Gasteiger partial charge in [0.25, 0.3) is 5.91 Å². The van der Waals surface area contributed by atoms with E-state index in [9.17, 15) is 4.79 Å². The van der Waals surface area contributed by atoms with E-state index < -0.39 is 0 Å². The molecule has 0 saturated heterocycles. The van der Waals surface area contributed by atoms with Crippen molar-refractivity contribution in [3.63, 3.8) is 0 Å². The molecule has 20 heavy (non-hydrogen) atoms. The van der Waals surface area contributed by atoms with Crippen LogP contribution in [-0.4, -0.2) is 22.8 Å². The summed E-state index contributed by atoms with van der Waals surface area (Å²) >= 11 is 0. The van der Waals surface area contributed by atoms with Crippen LogP contribution in [0.15, 0.2) is 16.7 Å². The molecule has 0 saturated carbocycles. The summed E-state index contributed by atoms with van der Waals surface area (Å²) < 4.78 is 15.3. The molecular formula is C12H12N4O4. The number of carbonyl (C=O) groups excluding carboxylic acids is 1. The zero-order valence-corrected chi connectivity index (χ0v) is 10.7. The number of benzene rings is 1. The van der Waals surface area contributed by atoms with Gasteiger partial charge in [-0.3, -0.25) is 4.79 Å². The van der Waals surface area contributed by atoms with Gasteiger partial charge in [-0.2, -0.15) is 4.98 Å². The molecule has 0 aliphatic carbocycles. The van der Waals surface area contributed by atoms with Crippen LogP contribution in [0.5, 0.6) is 11.5 Å². The normalized spacial score (nSPS) is 12.4. The number of carbonyl (C=O) groups is 1. The van der Waals surface area contributed by atoms with Crippen molar-refractivity contribution in [2.45, 2.75) is 13.5 Å². The third-order valence-corrected chi connectivity index (χ3v) is 2.76. The third kappa shape index (κ3) is 2.22. The van der Waals surface area contributed by atoms with E-state index in [1.807, 2.05) is 0 Å². The molecule has 2 heterocycles. The topological polar surface area (TPSA) is 113 Å². The zero-order valence-electron chi connectivity index (χ0n) is 10.7. The minimum Gasteiger partial charge on any atom is -0.454 e. The lowest BCUT2D eigenvalue weighted by atomic mass is 10.1. The van der Waals surface area contributed by atoms with Crippen molar-refractivity contribution in [1.82, 2.24) is 15.5 Å². The smallest absolute Gasteiger partial charge is 0.253 e. The SMILES string of the molecule is Cc1noc(CNC(=O)c2cc3c(cc2N)OCO3)n1. The van der Waals surface area contributed by atoms with E-state index >= 15 is 0 Å². The van der Waals surface area contributed by atoms with E-state index in [0.717, 1.165) is 0 Å². The first kappa shape index (κ1) is 12.3. The molecule has 0 bridgehead atoms. The van der Waals surface area contributed by atoms with Crippen LogP contribution in [-0.2, 0) is 6.54 Å². The highest BCUT2D eigenvalue weighted by molar-refractivity contribution is 6.00. The summed E-state index contributed by atoms with van der Waals surface area (Å²) in [6.07, 6.45) is 0. The lowest BCUT2D eigenvalue weighted by Gasteiger charge is -2.07. The molecule has 1 aromatic carbocycles. The molecule has 0 radical (unpaired) electrons. The van der Waals surface area contributed by atoms with Gasteiger partial charge in [-0.25, -0.2) is 0 Å². The number of aromatic nitrogens is 2. The Morgan fingerprint density at radius 1 is 1.40 bits per heavy atom.